The lowest BCUT2D eigenvalue weighted by Gasteiger charge is -2.35. The Morgan fingerprint density at radius 3 is 2.48 bits per heavy atom. The van der Waals surface area contributed by atoms with E-state index in [4.69, 9.17) is 0 Å². The number of hydrogen-bond donors (Lipinski definition) is 1. The SMILES string of the molecule is C[C@H](C(=O)N1CCC([C@@H](O)C(F)(F)F)CC1)n1cccn1. The summed E-state index contributed by atoms with van der Waals surface area (Å²) in [7, 11) is 0. The number of likely N-dealkylation sites (tertiary alicyclic amines) is 1. The zero-order valence-electron chi connectivity index (χ0n) is 11.6. The smallest absolute Gasteiger partial charge is 0.383 e. The number of alkyl halides is 3. The Morgan fingerprint density at radius 1 is 1.38 bits per heavy atom. The molecule has 1 aliphatic heterocycles. The molecule has 2 atom stereocenters. The van der Waals surface area contributed by atoms with Gasteiger partial charge in [0, 0.05) is 25.5 Å². The van der Waals surface area contributed by atoms with Gasteiger partial charge < -0.3 is 10.0 Å². The molecule has 118 valence electrons. The molecule has 1 fully saturated rings. The van der Waals surface area contributed by atoms with E-state index in [1.165, 1.54) is 9.58 Å². The Balaban J connectivity index is 1.90. The molecule has 0 aliphatic carbocycles. The number of hydrogen-bond acceptors (Lipinski definition) is 3. The zero-order chi connectivity index (χ0) is 15.6. The van der Waals surface area contributed by atoms with Crippen molar-refractivity contribution in [2.75, 3.05) is 13.1 Å². The summed E-state index contributed by atoms with van der Waals surface area (Å²) in [4.78, 5) is 13.8. The summed E-state index contributed by atoms with van der Waals surface area (Å²) >= 11 is 0. The van der Waals surface area contributed by atoms with Crippen molar-refractivity contribution in [2.45, 2.75) is 38.1 Å². The van der Waals surface area contributed by atoms with Crippen LogP contribution >= 0.6 is 0 Å². The van der Waals surface area contributed by atoms with E-state index in [1.54, 1.807) is 25.4 Å². The molecule has 1 N–H and O–H groups in total. The fourth-order valence-electron chi connectivity index (χ4n) is 2.59. The van der Waals surface area contributed by atoms with E-state index < -0.39 is 24.2 Å². The lowest BCUT2D eigenvalue weighted by atomic mass is 9.90. The quantitative estimate of drug-likeness (QED) is 0.923. The number of carbonyl (C=O) groups excluding carboxylic acids is 1. The number of rotatable bonds is 3. The van der Waals surface area contributed by atoms with Crippen molar-refractivity contribution in [3.63, 3.8) is 0 Å². The minimum Gasteiger partial charge on any atom is -0.383 e. The van der Waals surface area contributed by atoms with Crippen molar-refractivity contribution < 1.29 is 23.1 Å². The fraction of sp³-hybridized carbons (Fsp3) is 0.692. The Labute approximate surface area is 120 Å². The van der Waals surface area contributed by atoms with Crippen molar-refractivity contribution in [1.82, 2.24) is 14.7 Å². The summed E-state index contributed by atoms with van der Waals surface area (Å²) < 4.78 is 38.9. The molecule has 1 saturated heterocycles. The van der Waals surface area contributed by atoms with E-state index in [0.29, 0.717) is 0 Å². The molecule has 2 rings (SSSR count). The van der Waals surface area contributed by atoms with Crippen LogP contribution in [0.5, 0.6) is 0 Å². The van der Waals surface area contributed by atoms with E-state index in [2.05, 4.69) is 5.10 Å². The van der Waals surface area contributed by atoms with Crippen LogP contribution < -0.4 is 0 Å². The van der Waals surface area contributed by atoms with E-state index >= 15 is 0 Å². The molecule has 0 spiro atoms. The van der Waals surface area contributed by atoms with Gasteiger partial charge in [0.15, 0.2) is 6.10 Å². The highest BCUT2D eigenvalue weighted by molar-refractivity contribution is 5.80. The average molecular weight is 305 g/mol. The standard InChI is InChI=1S/C13H18F3N3O2/c1-9(19-6-2-5-17-19)12(21)18-7-3-10(4-8-18)11(20)13(14,15)16/h2,5-6,9-11,20H,3-4,7-8H2,1H3/t9-,11-/m1/s1. The third kappa shape index (κ3) is 3.55. The van der Waals surface area contributed by atoms with E-state index in [0.717, 1.165) is 0 Å². The highest BCUT2D eigenvalue weighted by Crippen LogP contribution is 2.32. The van der Waals surface area contributed by atoms with Crippen LogP contribution in [0.4, 0.5) is 13.2 Å². The van der Waals surface area contributed by atoms with Crippen LogP contribution in [0.1, 0.15) is 25.8 Å². The minimum absolute atomic E-state index is 0.151. The fourth-order valence-corrected chi connectivity index (χ4v) is 2.59. The molecule has 0 radical (unpaired) electrons. The second-order valence-corrected chi connectivity index (χ2v) is 5.31. The first-order valence-corrected chi connectivity index (χ1v) is 6.83. The molecule has 0 saturated carbocycles. The normalized spacial score (nSPS) is 20.3. The molecule has 0 unspecified atom stereocenters. The van der Waals surface area contributed by atoms with Gasteiger partial charge in [-0.25, -0.2) is 0 Å². The number of nitrogens with zero attached hydrogens (tertiary/aromatic N) is 3. The van der Waals surface area contributed by atoms with Crippen LogP contribution in [-0.2, 0) is 4.79 Å². The largest absolute Gasteiger partial charge is 0.414 e. The van der Waals surface area contributed by atoms with Crippen molar-refractivity contribution >= 4 is 5.91 Å². The topological polar surface area (TPSA) is 58.4 Å². The Kier molecular flexibility index (Phi) is 4.55. The van der Waals surface area contributed by atoms with Crippen molar-refractivity contribution in [1.29, 1.82) is 0 Å². The van der Waals surface area contributed by atoms with Gasteiger partial charge in [0.25, 0.3) is 0 Å². The third-order valence-electron chi connectivity index (χ3n) is 3.91. The minimum atomic E-state index is -4.60. The molecule has 5 nitrogen and oxygen atoms in total. The van der Waals surface area contributed by atoms with Crippen LogP contribution in [0.25, 0.3) is 0 Å². The molecule has 1 aromatic rings. The monoisotopic (exact) mass is 305 g/mol. The molecule has 2 heterocycles. The lowest BCUT2D eigenvalue weighted by Crippen LogP contribution is -2.46. The predicted octanol–water partition coefficient (Wildman–Crippen LogP) is 1.61. The maximum atomic E-state index is 12.5. The first kappa shape index (κ1) is 15.8. The van der Waals surface area contributed by atoms with E-state index in [9.17, 15) is 23.1 Å². The molecule has 1 amide bonds. The Morgan fingerprint density at radius 2 is 2.00 bits per heavy atom. The number of amides is 1. The Hall–Kier alpha value is -1.57. The van der Waals surface area contributed by atoms with Gasteiger partial charge in [-0.2, -0.15) is 18.3 Å². The van der Waals surface area contributed by atoms with Crippen molar-refractivity contribution in [2.24, 2.45) is 5.92 Å². The average Bonchev–Trinajstić information content (AvgIpc) is 2.98. The van der Waals surface area contributed by atoms with Gasteiger partial charge in [-0.1, -0.05) is 0 Å². The number of aliphatic hydroxyl groups is 1. The molecule has 0 bridgehead atoms. The number of aromatic nitrogens is 2. The number of carbonyl (C=O) groups is 1. The van der Waals surface area contributed by atoms with Gasteiger partial charge in [-0.3, -0.25) is 9.48 Å². The van der Waals surface area contributed by atoms with Gasteiger partial charge >= 0.3 is 6.18 Å². The second kappa shape index (κ2) is 6.05. The molecular weight excluding hydrogens is 287 g/mol. The number of piperidine rings is 1. The summed E-state index contributed by atoms with van der Waals surface area (Å²) in [5, 5.41) is 13.2. The number of aliphatic hydroxyl groups excluding tert-OH is 1. The van der Waals surface area contributed by atoms with Crippen LogP contribution in [-0.4, -0.2) is 51.1 Å². The van der Waals surface area contributed by atoms with Gasteiger partial charge in [0.05, 0.1) is 0 Å². The first-order valence-electron chi connectivity index (χ1n) is 6.83. The van der Waals surface area contributed by atoms with Gasteiger partial charge in [-0.15, -0.1) is 0 Å². The lowest BCUT2D eigenvalue weighted by molar-refractivity contribution is -0.223. The highest BCUT2D eigenvalue weighted by atomic mass is 19.4. The van der Waals surface area contributed by atoms with Gasteiger partial charge in [0.1, 0.15) is 6.04 Å². The molecule has 1 aliphatic rings. The van der Waals surface area contributed by atoms with E-state index in [1.807, 2.05) is 0 Å². The van der Waals surface area contributed by atoms with Gasteiger partial charge in [0.2, 0.25) is 5.91 Å². The summed E-state index contributed by atoms with van der Waals surface area (Å²) in [5.74, 6) is -1.01. The summed E-state index contributed by atoms with van der Waals surface area (Å²) in [5.41, 5.74) is 0. The van der Waals surface area contributed by atoms with Crippen molar-refractivity contribution in [3.05, 3.63) is 18.5 Å². The van der Waals surface area contributed by atoms with Crippen LogP contribution in [0, 0.1) is 5.92 Å². The first-order chi connectivity index (χ1) is 9.80. The molecule has 21 heavy (non-hydrogen) atoms. The van der Waals surface area contributed by atoms with Crippen LogP contribution in [0.3, 0.4) is 0 Å². The van der Waals surface area contributed by atoms with Crippen LogP contribution in [0.15, 0.2) is 18.5 Å². The van der Waals surface area contributed by atoms with Crippen molar-refractivity contribution in [3.8, 4) is 0 Å². The number of halogens is 3. The summed E-state index contributed by atoms with van der Waals surface area (Å²) in [6.45, 7) is 2.15. The van der Waals surface area contributed by atoms with Gasteiger partial charge in [-0.05, 0) is 31.7 Å². The van der Waals surface area contributed by atoms with Crippen LogP contribution in [0.2, 0.25) is 0 Å². The molecule has 0 aromatic carbocycles. The highest BCUT2D eigenvalue weighted by Gasteiger charge is 2.44. The Bertz CT molecular complexity index is 468. The zero-order valence-corrected chi connectivity index (χ0v) is 11.6. The summed E-state index contributed by atoms with van der Waals surface area (Å²) in [6, 6.07) is 1.22. The molecule has 1 aromatic heterocycles. The maximum Gasteiger partial charge on any atom is 0.414 e. The second-order valence-electron chi connectivity index (χ2n) is 5.31. The third-order valence-corrected chi connectivity index (χ3v) is 3.91. The molecular formula is C13H18F3N3O2. The molecule has 8 heteroatoms. The van der Waals surface area contributed by atoms with E-state index in [-0.39, 0.29) is 31.8 Å². The predicted molar refractivity (Wildman–Crippen MR) is 68.3 cm³/mol. The maximum absolute atomic E-state index is 12.5. The summed E-state index contributed by atoms with van der Waals surface area (Å²) in [6.07, 6.45) is -3.37.